The predicted molar refractivity (Wildman–Crippen MR) is 109 cm³/mol. The van der Waals surface area contributed by atoms with Gasteiger partial charge in [0, 0.05) is 22.3 Å². The van der Waals surface area contributed by atoms with E-state index in [1.807, 2.05) is 6.92 Å². The van der Waals surface area contributed by atoms with Crippen molar-refractivity contribution in [1.82, 2.24) is 20.4 Å². The SMILES string of the molecule is Cc1nnc(SCC2=C(C(=O)O)N3C(=O)[C@@H](NC(=O)CS(=O)CC#N)[C@H]3SC2)s1. The third kappa shape index (κ3) is 4.80. The van der Waals surface area contributed by atoms with Crippen LogP contribution in [0.25, 0.3) is 0 Å². The molecule has 3 heterocycles. The highest BCUT2D eigenvalue weighted by molar-refractivity contribution is 8.01. The third-order valence-corrected chi connectivity index (χ3v) is 8.39. The molecule has 154 valence electrons. The number of carboxylic acid groups (broad SMARTS) is 1. The minimum atomic E-state index is -1.63. The first kappa shape index (κ1) is 21.8. The van der Waals surface area contributed by atoms with Gasteiger partial charge in [-0.25, -0.2) is 4.79 Å². The maximum Gasteiger partial charge on any atom is 0.352 e. The molecule has 0 radical (unpaired) electrons. The number of thioether (sulfide) groups is 2. The van der Waals surface area contributed by atoms with E-state index < -0.39 is 40.0 Å². The molecule has 3 atom stereocenters. The molecule has 29 heavy (non-hydrogen) atoms. The Morgan fingerprint density at radius 1 is 1.48 bits per heavy atom. The van der Waals surface area contributed by atoms with Gasteiger partial charge in [0.25, 0.3) is 5.91 Å². The maximum absolute atomic E-state index is 12.5. The maximum atomic E-state index is 12.5. The van der Waals surface area contributed by atoms with Crippen molar-refractivity contribution in [2.45, 2.75) is 22.7 Å². The van der Waals surface area contributed by atoms with Crippen molar-refractivity contribution in [1.29, 1.82) is 5.26 Å². The smallest absolute Gasteiger partial charge is 0.352 e. The first-order chi connectivity index (χ1) is 13.8. The van der Waals surface area contributed by atoms with Crippen molar-refractivity contribution in [3.05, 3.63) is 16.3 Å². The summed E-state index contributed by atoms with van der Waals surface area (Å²) in [6, 6.07) is 0.842. The highest BCUT2D eigenvalue weighted by atomic mass is 32.2. The molecule has 2 amide bonds. The quantitative estimate of drug-likeness (QED) is 0.388. The van der Waals surface area contributed by atoms with Crippen LogP contribution in [0.3, 0.4) is 0 Å². The van der Waals surface area contributed by atoms with Gasteiger partial charge in [-0.3, -0.25) is 18.7 Å². The van der Waals surface area contributed by atoms with Crippen LogP contribution in [0.15, 0.2) is 15.6 Å². The van der Waals surface area contributed by atoms with Gasteiger partial charge < -0.3 is 10.4 Å². The zero-order chi connectivity index (χ0) is 21.1. The topological polar surface area (TPSA) is 153 Å². The molecule has 1 aromatic heterocycles. The van der Waals surface area contributed by atoms with E-state index in [2.05, 4.69) is 15.5 Å². The number of β-lactam (4-membered cyclic amide) rings is 1. The van der Waals surface area contributed by atoms with Crippen LogP contribution in [0.5, 0.6) is 0 Å². The Bertz CT molecular complexity index is 955. The average Bonchev–Trinajstić information content (AvgIpc) is 3.08. The molecule has 0 spiro atoms. The zero-order valence-electron chi connectivity index (χ0n) is 15.0. The van der Waals surface area contributed by atoms with E-state index in [4.69, 9.17) is 5.26 Å². The predicted octanol–water partition coefficient (Wildman–Crippen LogP) is -0.0505. The second-order valence-corrected chi connectivity index (χ2v) is 10.9. The Balaban J connectivity index is 1.67. The van der Waals surface area contributed by atoms with Gasteiger partial charge in [0.2, 0.25) is 5.91 Å². The van der Waals surface area contributed by atoms with Crippen LogP contribution in [-0.2, 0) is 25.2 Å². The second-order valence-electron chi connectivity index (χ2n) is 5.97. The number of fused-ring (bicyclic) bond motifs is 1. The van der Waals surface area contributed by atoms with Crippen molar-refractivity contribution in [3.63, 3.8) is 0 Å². The number of nitriles is 1. The fraction of sp³-hybridized carbons (Fsp3) is 0.467. The Morgan fingerprint density at radius 2 is 2.24 bits per heavy atom. The molecule has 0 saturated carbocycles. The minimum Gasteiger partial charge on any atom is -0.477 e. The van der Waals surface area contributed by atoms with E-state index in [0.29, 0.717) is 17.1 Å². The summed E-state index contributed by atoms with van der Waals surface area (Å²) in [5.74, 6) is -2.21. The number of amides is 2. The van der Waals surface area contributed by atoms with Crippen LogP contribution in [0.2, 0.25) is 0 Å². The Kier molecular flexibility index (Phi) is 6.93. The summed E-state index contributed by atoms with van der Waals surface area (Å²) in [5.41, 5.74) is 0.538. The van der Waals surface area contributed by atoms with Crippen molar-refractivity contribution in [3.8, 4) is 6.07 Å². The lowest BCUT2D eigenvalue weighted by atomic mass is 10.0. The number of nitrogens with zero attached hydrogens (tertiary/aromatic N) is 4. The molecule has 3 rings (SSSR count). The fourth-order valence-electron chi connectivity index (χ4n) is 2.76. The van der Waals surface area contributed by atoms with Crippen LogP contribution in [-0.4, -0.2) is 76.6 Å². The second kappa shape index (κ2) is 9.24. The summed E-state index contributed by atoms with van der Waals surface area (Å²) in [5, 5.41) is 28.8. The van der Waals surface area contributed by atoms with Crippen molar-refractivity contribution < 1.29 is 23.7 Å². The third-order valence-electron chi connectivity index (χ3n) is 3.96. The number of rotatable bonds is 8. The summed E-state index contributed by atoms with van der Waals surface area (Å²) in [6.07, 6.45) is 0. The van der Waals surface area contributed by atoms with E-state index >= 15 is 0 Å². The molecule has 10 nitrogen and oxygen atoms in total. The Labute approximate surface area is 180 Å². The number of nitrogens with one attached hydrogen (secondary N) is 1. The average molecular weight is 474 g/mol. The number of aliphatic carboxylic acids is 1. The van der Waals surface area contributed by atoms with Gasteiger partial charge in [0.15, 0.2) is 4.34 Å². The highest BCUT2D eigenvalue weighted by Crippen LogP contribution is 2.41. The van der Waals surface area contributed by atoms with Gasteiger partial charge in [-0.2, -0.15) is 5.26 Å². The number of hydrogen-bond donors (Lipinski definition) is 2. The standard InChI is InChI=1S/C15H15N5O5S4/c1-7-18-19-15(28-7)27-5-8-4-26-13-10(12(22)20(13)11(8)14(23)24)17-9(21)6-29(25)3-2-16/h10,13H,3-6H2,1H3,(H,17,21)(H,23,24)/t10-,13-,29?/m1/s1. The van der Waals surface area contributed by atoms with Crippen LogP contribution in [0.1, 0.15) is 5.01 Å². The molecule has 2 N–H and O–H groups in total. The van der Waals surface area contributed by atoms with Crippen LogP contribution in [0, 0.1) is 18.3 Å². The molecule has 1 saturated heterocycles. The molecular weight excluding hydrogens is 458 g/mol. The molecule has 2 aliphatic heterocycles. The normalized spacial score (nSPS) is 21.8. The van der Waals surface area contributed by atoms with E-state index in [1.165, 1.54) is 39.8 Å². The highest BCUT2D eigenvalue weighted by Gasteiger charge is 2.54. The first-order valence-corrected chi connectivity index (χ1v) is 12.5. The Hall–Kier alpha value is -1.95. The molecule has 14 heteroatoms. The van der Waals surface area contributed by atoms with Crippen LogP contribution >= 0.6 is 34.9 Å². The molecular formula is C15H15N5O5S4. The van der Waals surface area contributed by atoms with Crippen LogP contribution in [0.4, 0.5) is 0 Å². The van der Waals surface area contributed by atoms with Gasteiger partial charge in [0.05, 0.1) is 6.07 Å². The van der Waals surface area contributed by atoms with E-state index in [9.17, 15) is 23.7 Å². The van der Waals surface area contributed by atoms with E-state index in [0.717, 1.165) is 9.35 Å². The largest absolute Gasteiger partial charge is 0.477 e. The minimum absolute atomic E-state index is 0.0638. The van der Waals surface area contributed by atoms with Crippen molar-refractivity contribution >= 4 is 63.4 Å². The lowest BCUT2D eigenvalue weighted by molar-refractivity contribution is -0.150. The number of carboxylic acids is 1. The fourth-order valence-corrected chi connectivity index (χ4v) is 6.69. The van der Waals surface area contributed by atoms with Crippen molar-refractivity contribution in [2.75, 3.05) is 23.0 Å². The van der Waals surface area contributed by atoms with Crippen molar-refractivity contribution in [2.24, 2.45) is 0 Å². The number of hydrogen-bond acceptors (Lipinski definition) is 10. The van der Waals surface area contributed by atoms with Crippen LogP contribution < -0.4 is 5.32 Å². The molecule has 1 unspecified atom stereocenters. The van der Waals surface area contributed by atoms with Gasteiger partial charge >= 0.3 is 5.97 Å². The molecule has 2 aliphatic rings. The van der Waals surface area contributed by atoms with Gasteiger partial charge in [0.1, 0.15) is 33.6 Å². The van der Waals surface area contributed by atoms with Gasteiger partial charge in [-0.05, 0) is 12.5 Å². The molecule has 0 aromatic carbocycles. The van der Waals surface area contributed by atoms with Gasteiger partial charge in [-0.1, -0.05) is 23.1 Å². The molecule has 1 fully saturated rings. The lowest BCUT2D eigenvalue weighted by Crippen LogP contribution is -2.70. The number of aryl methyl sites for hydroxylation is 1. The van der Waals surface area contributed by atoms with E-state index in [1.54, 1.807) is 6.07 Å². The van der Waals surface area contributed by atoms with E-state index in [-0.39, 0.29) is 17.2 Å². The Morgan fingerprint density at radius 3 is 2.86 bits per heavy atom. The molecule has 0 bridgehead atoms. The summed E-state index contributed by atoms with van der Waals surface area (Å²) >= 11 is 4.13. The first-order valence-electron chi connectivity index (χ1n) is 8.16. The summed E-state index contributed by atoms with van der Waals surface area (Å²) in [7, 11) is -1.63. The number of aromatic nitrogens is 2. The summed E-state index contributed by atoms with van der Waals surface area (Å²) in [4.78, 5) is 37.5. The summed E-state index contributed by atoms with van der Waals surface area (Å²) < 4.78 is 12.2. The lowest BCUT2D eigenvalue weighted by Gasteiger charge is -2.49. The monoisotopic (exact) mass is 473 g/mol. The number of carbonyl (C=O) groups is 3. The van der Waals surface area contributed by atoms with Gasteiger partial charge in [-0.15, -0.1) is 22.0 Å². The molecule has 1 aromatic rings. The molecule has 0 aliphatic carbocycles. The zero-order valence-corrected chi connectivity index (χ0v) is 18.3. The summed E-state index contributed by atoms with van der Waals surface area (Å²) in [6.45, 7) is 1.83. The number of carbonyl (C=O) groups excluding carboxylic acids is 2.